The van der Waals surface area contributed by atoms with Gasteiger partial charge in [0.25, 0.3) is 0 Å². The predicted molar refractivity (Wildman–Crippen MR) is 90.7 cm³/mol. The molecular formula is C19H20FN3O. The number of carbonyl (C=O) groups excluding carboxylic acids is 1. The van der Waals surface area contributed by atoms with E-state index in [1.165, 1.54) is 12.1 Å². The Morgan fingerprint density at radius 3 is 2.58 bits per heavy atom. The summed E-state index contributed by atoms with van der Waals surface area (Å²) in [6, 6.07) is 8.03. The number of fused-ring (bicyclic) bond motifs is 1. The molecular weight excluding hydrogens is 305 g/mol. The van der Waals surface area contributed by atoms with E-state index < -0.39 is 5.82 Å². The Morgan fingerprint density at radius 1 is 1.17 bits per heavy atom. The van der Waals surface area contributed by atoms with E-state index in [1.54, 1.807) is 31.3 Å². The van der Waals surface area contributed by atoms with Gasteiger partial charge in [0.1, 0.15) is 11.6 Å². The van der Waals surface area contributed by atoms with Crippen molar-refractivity contribution < 1.29 is 9.18 Å². The van der Waals surface area contributed by atoms with E-state index >= 15 is 0 Å². The highest BCUT2D eigenvalue weighted by Gasteiger charge is 2.19. The molecule has 0 fully saturated rings. The quantitative estimate of drug-likeness (QED) is 0.684. The van der Waals surface area contributed by atoms with Gasteiger partial charge in [0.2, 0.25) is 0 Å². The molecule has 0 aliphatic heterocycles. The van der Waals surface area contributed by atoms with Gasteiger partial charge in [0.15, 0.2) is 11.4 Å². The van der Waals surface area contributed by atoms with Crippen molar-refractivity contribution in [3.63, 3.8) is 0 Å². The van der Waals surface area contributed by atoms with Gasteiger partial charge in [0.05, 0.1) is 5.56 Å². The van der Waals surface area contributed by atoms with Gasteiger partial charge < -0.3 is 0 Å². The summed E-state index contributed by atoms with van der Waals surface area (Å²) < 4.78 is 15.9. The first kappa shape index (κ1) is 16.3. The molecule has 0 aliphatic carbocycles. The van der Waals surface area contributed by atoms with E-state index in [9.17, 15) is 9.18 Å². The van der Waals surface area contributed by atoms with Gasteiger partial charge in [-0.3, -0.25) is 9.20 Å². The largest absolute Gasteiger partial charge is 0.288 e. The van der Waals surface area contributed by atoms with Crippen LogP contribution in [0.2, 0.25) is 0 Å². The van der Waals surface area contributed by atoms with Crippen molar-refractivity contribution in [1.29, 1.82) is 0 Å². The Hall–Kier alpha value is -2.56. The maximum Gasteiger partial charge on any atom is 0.197 e. The van der Waals surface area contributed by atoms with Crippen LogP contribution in [0.4, 0.5) is 4.39 Å². The lowest BCUT2D eigenvalue weighted by molar-refractivity contribution is 0.103. The number of rotatable bonds is 3. The third-order valence-corrected chi connectivity index (χ3v) is 3.79. The molecule has 24 heavy (non-hydrogen) atoms. The van der Waals surface area contributed by atoms with Gasteiger partial charge in [-0.15, -0.1) is 10.2 Å². The van der Waals surface area contributed by atoms with Gasteiger partial charge in [-0.25, -0.2) is 4.39 Å². The van der Waals surface area contributed by atoms with E-state index in [2.05, 4.69) is 31.0 Å². The van der Waals surface area contributed by atoms with Gasteiger partial charge in [-0.1, -0.05) is 26.8 Å². The van der Waals surface area contributed by atoms with Gasteiger partial charge >= 0.3 is 0 Å². The fraction of sp³-hybridized carbons (Fsp3) is 0.316. The first-order valence-electron chi connectivity index (χ1n) is 7.89. The van der Waals surface area contributed by atoms with Gasteiger partial charge in [-0.2, -0.15) is 0 Å². The van der Waals surface area contributed by atoms with Crippen molar-refractivity contribution in [3.05, 3.63) is 64.9 Å². The number of aromatic nitrogens is 3. The molecule has 0 spiro atoms. The predicted octanol–water partition coefficient (Wildman–Crippen LogP) is 4.00. The minimum absolute atomic E-state index is 0.0477. The Bertz CT molecular complexity index is 922. The highest BCUT2D eigenvalue weighted by Crippen LogP contribution is 2.21. The van der Waals surface area contributed by atoms with E-state index in [0.717, 1.165) is 17.8 Å². The van der Waals surface area contributed by atoms with Crippen LogP contribution in [-0.2, 0) is 6.42 Å². The summed E-state index contributed by atoms with van der Waals surface area (Å²) in [4.78, 5) is 12.6. The number of hydrogen-bond acceptors (Lipinski definition) is 3. The van der Waals surface area contributed by atoms with Crippen molar-refractivity contribution in [2.24, 2.45) is 5.41 Å². The highest BCUT2D eigenvalue weighted by atomic mass is 19.1. The second kappa shape index (κ2) is 5.82. The lowest BCUT2D eigenvalue weighted by Crippen LogP contribution is -2.12. The lowest BCUT2D eigenvalue weighted by atomic mass is 9.92. The summed E-state index contributed by atoms with van der Waals surface area (Å²) in [6.45, 7) is 8.14. The van der Waals surface area contributed by atoms with Crippen LogP contribution >= 0.6 is 0 Å². The van der Waals surface area contributed by atoms with Crippen molar-refractivity contribution in [1.82, 2.24) is 14.6 Å². The minimum atomic E-state index is -0.501. The number of aryl methyl sites for hydroxylation is 1. The van der Waals surface area contributed by atoms with Crippen LogP contribution in [-0.4, -0.2) is 20.4 Å². The zero-order valence-corrected chi connectivity index (χ0v) is 14.3. The molecule has 5 heteroatoms. The molecule has 0 saturated heterocycles. The molecule has 2 aromatic heterocycles. The molecule has 0 saturated carbocycles. The van der Waals surface area contributed by atoms with Gasteiger partial charge in [0, 0.05) is 18.2 Å². The van der Waals surface area contributed by atoms with Crippen LogP contribution < -0.4 is 0 Å². The first-order valence-corrected chi connectivity index (χ1v) is 7.89. The monoisotopic (exact) mass is 325 g/mol. The number of benzene rings is 1. The van der Waals surface area contributed by atoms with Crippen molar-refractivity contribution in [2.45, 2.75) is 34.1 Å². The molecule has 0 amide bonds. The smallest absolute Gasteiger partial charge is 0.197 e. The van der Waals surface area contributed by atoms with Crippen molar-refractivity contribution >= 4 is 11.4 Å². The summed E-state index contributed by atoms with van der Waals surface area (Å²) in [6.07, 6.45) is 2.42. The van der Waals surface area contributed by atoms with Crippen LogP contribution in [0.3, 0.4) is 0 Å². The normalized spacial score (nSPS) is 11.9. The Labute approximate surface area is 140 Å². The number of hydrogen-bond donors (Lipinski definition) is 0. The Morgan fingerprint density at radius 2 is 1.92 bits per heavy atom. The summed E-state index contributed by atoms with van der Waals surface area (Å²) in [5, 5.41) is 8.34. The topological polar surface area (TPSA) is 47.3 Å². The fourth-order valence-corrected chi connectivity index (χ4v) is 2.63. The van der Waals surface area contributed by atoms with Crippen LogP contribution in [0.1, 0.15) is 48.1 Å². The minimum Gasteiger partial charge on any atom is -0.288 e. The molecule has 3 rings (SSSR count). The Kier molecular flexibility index (Phi) is 3.95. The SMILES string of the molecule is Cc1ccc(C(=O)c2ccc3nnc(CC(C)(C)C)n3c2)c(F)c1. The fourth-order valence-electron chi connectivity index (χ4n) is 2.63. The zero-order valence-electron chi connectivity index (χ0n) is 14.3. The van der Waals surface area contributed by atoms with Crippen LogP contribution in [0.25, 0.3) is 5.65 Å². The van der Waals surface area contributed by atoms with E-state index in [1.807, 2.05) is 4.40 Å². The van der Waals surface area contributed by atoms with E-state index in [0.29, 0.717) is 11.2 Å². The average molecular weight is 325 g/mol. The summed E-state index contributed by atoms with van der Waals surface area (Å²) >= 11 is 0. The molecule has 0 N–H and O–H groups in total. The molecule has 4 nitrogen and oxygen atoms in total. The van der Waals surface area contributed by atoms with Gasteiger partial charge in [-0.05, 0) is 42.2 Å². The van der Waals surface area contributed by atoms with Crippen molar-refractivity contribution in [2.75, 3.05) is 0 Å². The highest BCUT2D eigenvalue weighted by molar-refractivity contribution is 6.09. The molecule has 124 valence electrons. The number of halogens is 1. The summed E-state index contributed by atoms with van der Waals surface area (Å²) in [7, 11) is 0. The molecule has 0 aliphatic rings. The van der Waals surface area contributed by atoms with E-state index in [4.69, 9.17) is 0 Å². The molecule has 3 aromatic rings. The maximum atomic E-state index is 14.1. The number of carbonyl (C=O) groups is 1. The molecule has 2 heterocycles. The number of pyridine rings is 1. The maximum absolute atomic E-state index is 14.1. The molecule has 0 radical (unpaired) electrons. The second-order valence-electron chi connectivity index (χ2n) is 7.31. The average Bonchev–Trinajstić information content (AvgIpc) is 2.87. The molecule has 0 unspecified atom stereocenters. The lowest BCUT2D eigenvalue weighted by Gasteiger charge is -2.16. The molecule has 0 bridgehead atoms. The Balaban J connectivity index is 2.03. The number of ketones is 1. The van der Waals surface area contributed by atoms with Crippen LogP contribution in [0.15, 0.2) is 36.5 Å². The third kappa shape index (κ3) is 3.20. The summed E-state index contributed by atoms with van der Waals surface area (Å²) in [5.74, 6) is -0.0555. The number of nitrogens with zero attached hydrogens (tertiary/aromatic N) is 3. The zero-order chi connectivity index (χ0) is 17.5. The standard InChI is InChI=1S/C19H20FN3O/c1-12-5-7-14(15(20)9-12)18(24)13-6-8-16-21-22-17(23(16)11-13)10-19(2,3)4/h5-9,11H,10H2,1-4H3. The molecule has 1 aromatic carbocycles. The van der Waals surface area contributed by atoms with Crippen molar-refractivity contribution in [3.8, 4) is 0 Å². The summed E-state index contributed by atoms with van der Waals surface area (Å²) in [5.41, 5.74) is 2.00. The molecule has 0 atom stereocenters. The first-order chi connectivity index (χ1) is 11.2. The third-order valence-electron chi connectivity index (χ3n) is 3.79. The second-order valence-corrected chi connectivity index (χ2v) is 7.31. The van der Waals surface area contributed by atoms with E-state index in [-0.39, 0.29) is 16.8 Å². The van der Waals surface area contributed by atoms with Crippen LogP contribution in [0.5, 0.6) is 0 Å². The van der Waals surface area contributed by atoms with Crippen LogP contribution in [0, 0.1) is 18.2 Å².